The van der Waals surface area contributed by atoms with Crippen LogP contribution in [0.3, 0.4) is 0 Å². The Bertz CT molecular complexity index is 1500. The Balaban J connectivity index is 1.30. The summed E-state index contributed by atoms with van der Waals surface area (Å²) in [4.78, 5) is 66.4. The van der Waals surface area contributed by atoms with E-state index in [2.05, 4.69) is 28.5 Å². The predicted molar refractivity (Wildman–Crippen MR) is 149 cm³/mol. The van der Waals surface area contributed by atoms with Crippen molar-refractivity contribution in [3.63, 3.8) is 0 Å². The third-order valence-electron chi connectivity index (χ3n) is 8.16. The largest absolute Gasteiger partial charge is 0.444 e. The Hall–Kier alpha value is -4.27. The van der Waals surface area contributed by atoms with Gasteiger partial charge in [-0.1, -0.05) is 36.9 Å². The zero-order chi connectivity index (χ0) is 31.1. The fraction of sp³-hybridized carbons (Fsp3) is 0.464. The summed E-state index contributed by atoms with van der Waals surface area (Å²) < 4.78 is 47.4. The van der Waals surface area contributed by atoms with Crippen molar-refractivity contribution < 1.29 is 41.5 Å². The molecule has 5 rings (SSSR count). The monoisotopic (exact) mass is 617 g/mol. The van der Waals surface area contributed by atoms with Gasteiger partial charge in [-0.15, -0.1) is 6.58 Å². The number of nitrogens with zero attached hydrogens (tertiary/aromatic N) is 2. The molecule has 1 saturated heterocycles. The minimum absolute atomic E-state index is 0.0205. The van der Waals surface area contributed by atoms with Crippen LogP contribution in [0.5, 0.6) is 0 Å². The van der Waals surface area contributed by atoms with E-state index in [1.807, 2.05) is 0 Å². The van der Waals surface area contributed by atoms with Crippen molar-refractivity contribution in [3.05, 3.63) is 60.7 Å². The maximum absolute atomic E-state index is 15.0. The van der Waals surface area contributed by atoms with Crippen LogP contribution in [0.15, 0.2) is 49.6 Å². The van der Waals surface area contributed by atoms with E-state index >= 15 is 0 Å². The van der Waals surface area contributed by atoms with E-state index < -0.39 is 81.4 Å². The van der Waals surface area contributed by atoms with Crippen LogP contribution in [0.1, 0.15) is 43.1 Å². The van der Waals surface area contributed by atoms with Crippen LogP contribution in [0, 0.1) is 5.92 Å². The van der Waals surface area contributed by atoms with E-state index in [4.69, 9.17) is 4.74 Å². The highest BCUT2D eigenvalue weighted by atomic mass is 32.2. The van der Waals surface area contributed by atoms with Crippen molar-refractivity contribution >= 4 is 39.7 Å². The fourth-order valence-corrected chi connectivity index (χ4v) is 6.84. The zero-order valence-corrected chi connectivity index (χ0v) is 24.0. The lowest BCUT2D eigenvalue weighted by Gasteiger charge is -2.26. The van der Waals surface area contributed by atoms with Crippen molar-refractivity contribution in [2.24, 2.45) is 5.92 Å². The maximum Gasteiger partial charge on any atom is 0.412 e. The molecule has 4 aliphatic rings. The van der Waals surface area contributed by atoms with E-state index in [1.165, 1.54) is 6.08 Å². The third-order valence-corrected chi connectivity index (χ3v) is 9.98. The standard InChI is InChI=1S/C28H32FN5O8S/c1-3-17-12-28(17,26(38)32-43(40,41)19-9-10-19)31-25(37)21-11-18(15-33(21)23(36)13-30-22(35)4-2)42-27(39)34-14-16-7-5-6-8-20(16)24(34)29/h3-8,17-19,21,24H,1-2,9-15H2,(H,30,35)(H,31,37)(H,32,38)/t17?,18-,21+,24?,28?/m1/s1. The van der Waals surface area contributed by atoms with Crippen molar-refractivity contribution in [1.29, 1.82) is 0 Å². The van der Waals surface area contributed by atoms with Crippen molar-refractivity contribution in [2.45, 2.75) is 61.5 Å². The summed E-state index contributed by atoms with van der Waals surface area (Å²) in [5, 5.41) is 4.27. The number of rotatable bonds is 10. The molecule has 3 N–H and O–H groups in total. The maximum atomic E-state index is 15.0. The second-order valence-corrected chi connectivity index (χ2v) is 13.0. The van der Waals surface area contributed by atoms with Crippen molar-refractivity contribution in [3.8, 4) is 0 Å². The summed E-state index contributed by atoms with van der Waals surface area (Å²) in [6, 6.07) is 5.39. The van der Waals surface area contributed by atoms with E-state index in [0.29, 0.717) is 24.0 Å². The first kappa shape index (κ1) is 30.2. The minimum atomic E-state index is -3.90. The number of carbonyl (C=O) groups excluding carboxylic acids is 5. The topological polar surface area (TPSA) is 171 Å². The van der Waals surface area contributed by atoms with Gasteiger partial charge < -0.3 is 20.3 Å². The molecule has 230 valence electrons. The van der Waals surface area contributed by atoms with Crippen molar-refractivity contribution in [1.82, 2.24) is 25.2 Å². The van der Waals surface area contributed by atoms with Gasteiger partial charge in [0.1, 0.15) is 17.7 Å². The highest BCUT2D eigenvalue weighted by Gasteiger charge is 2.62. The van der Waals surface area contributed by atoms with Gasteiger partial charge in [0, 0.05) is 17.9 Å². The highest BCUT2D eigenvalue weighted by Crippen LogP contribution is 2.45. The molecule has 0 aromatic heterocycles. The second kappa shape index (κ2) is 11.4. The Morgan fingerprint density at radius 3 is 2.47 bits per heavy atom. The summed E-state index contributed by atoms with van der Waals surface area (Å²) in [5.41, 5.74) is -0.630. The molecule has 2 aliphatic heterocycles. The Morgan fingerprint density at radius 2 is 1.84 bits per heavy atom. The first-order chi connectivity index (χ1) is 20.4. The Kier molecular flexibility index (Phi) is 8.03. The lowest BCUT2D eigenvalue weighted by Crippen LogP contribution is -2.57. The molecule has 2 aliphatic carbocycles. The molecule has 0 radical (unpaired) electrons. The number of hydrogen-bond acceptors (Lipinski definition) is 8. The van der Waals surface area contributed by atoms with E-state index in [9.17, 15) is 36.8 Å². The van der Waals surface area contributed by atoms with Gasteiger partial charge in [-0.05, 0) is 30.9 Å². The SMILES string of the molecule is C=CC(=O)NCC(=O)N1C[C@H](OC(=O)N2Cc3ccccc3C2F)C[C@H]1C(=O)NC1(C(=O)NS(=O)(=O)C2CC2)CC1C=C. The molecule has 43 heavy (non-hydrogen) atoms. The number of hydrogen-bond donors (Lipinski definition) is 3. The second-order valence-electron chi connectivity index (χ2n) is 11.1. The number of alkyl halides is 1. The fourth-order valence-electron chi connectivity index (χ4n) is 5.47. The number of carbonyl (C=O) groups is 5. The van der Waals surface area contributed by atoms with E-state index in [1.54, 1.807) is 24.3 Å². The number of ether oxygens (including phenoxy) is 1. The van der Waals surface area contributed by atoms with E-state index in [0.717, 1.165) is 15.9 Å². The molecule has 13 nitrogen and oxygen atoms in total. The van der Waals surface area contributed by atoms with Crippen LogP contribution < -0.4 is 15.4 Å². The number of nitrogens with one attached hydrogen (secondary N) is 3. The van der Waals surface area contributed by atoms with Crippen molar-refractivity contribution in [2.75, 3.05) is 13.1 Å². The molecule has 1 aromatic rings. The lowest BCUT2D eigenvalue weighted by atomic mass is 10.1. The van der Waals surface area contributed by atoms with Crippen LogP contribution in [0.4, 0.5) is 9.18 Å². The van der Waals surface area contributed by atoms with Gasteiger partial charge in [0.2, 0.25) is 34.0 Å². The zero-order valence-electron chi connectivity index (χ0n) is 23.2. The number of benzene rings is 1. The highest BCUT2D eigenvalue weighted by molar-refractivity contribution is 7.91. The molecular weight excluding hydrogens is 585 g/mol. The summed E-state index contributed by atoms with van der Waals surface area (Å²) in [6.07, 6.45) is -0.561. The lowest BCUT2D eigenvalue weighted by molar-refractivity contribution is -0.139. The molecule has 0 bridgehead atoms. The molecule has 3 fully saturated rings. The smallest absolute Gasteiger partial charge is 0.412 e. The van der Waals surface area contributed by atoms with Crippen LogP contribution >= 0.6 is 0 Å². The Labute approximate surface area is 247 Å². The summed E-state index contributed by atoms with van der Waals surface area (Å²) >= 11 is 0. The van der Waals surface area contributed by atoms with Gasteiger partial charge in [0.25, 0.3) is 5.91 Å². The Morgan fingerprint density at radius 1 is 1.12 bits per heavy atom. The molecule has 15 heteroatoms. The normalized spacial score (nSPS) is 27.5. The third kappa shape index (κ3) is 5.98. The van der Waals surface area contributed by atoms with Gasteiger partial charge in [-0.3, -0.25) is 28.8 Å². The van der Waals surface area contributed by atoms with Crippen LogP contribution in [-0.2, 0) is 40.5 Å². The van der Waals surface area contributed by atoms with Crippen LogP contribution in [0.2, 0.25) is 0 Å². The molecule has 0 spiro atoms. The first-order valence-corrected chi connectivity index (χ1v) is 15.3. The summed E-state index contributed by atoms with van der Waals surface area (Å²) in [6.45, 7) is 6.22. The number of likely N-dealkylation sites (tertiary alicyclic amines) is 1. The van der Waals surface area contributed by atoms with Gasteiger partial charge in [-0.2, -0.15) is 0 Å². The first-order valence-electron chi connectivity index (χ1n) is 13.8. The average molecular weight is 618 g/mol. The number of sulfonamides is 1. The molecule has 5 atom stereocenters. The number of fused-ring (bicyclic) bond motifs is 1. The predicted octanol–water partition coefficient (Wildman–Crippen LogP) is 0.548. The minimum Gasteiger partial charge on any atom is -0.444 e. The molecule has 3 unspecified atom stereocenters. The quantitative estimate of drug-likeness (QED) is 0.194. The van der Waals surface area contributed by atoms with Gasteiger partial charge >= 0.3 is 6.09 Å². The molecular formula is C28H32FN5O8S. The van der Waals surface area contributed by atoms with Gasteiger partial charge in [-0.25, -0.2) is 17.6 Å². The number of halogens is 1. The average Bonchev–Trinajstić information content (AvgIpc) is 3.89. The summed E-state index contributed by atoms with van der Waals surface area (Å²) in [5.74, 6) is -3.56. The molecule has 5 amide bonds. The van der Waals surface area contributed by atoms with Gasteiger partial charge in [0.05, 0.1) is 24.9 Å². The van der Waals surface area contributed by atoms with Crippen LogP contribution in [0.25, 0.3) is 0 Å². The van der Waals surface area contributed by atoms with E-state index in [-0.39, 0.29) is 25.9 Å². The molecule has 2 saturated carbocycles. The number of amides is 5. The van der Waals surface area contributed by atoms with Gasteiger partial charge in [0.15, 0.2) is 0 Å². The summed E-state index contributed by atoms with van der Waals surface area (Å²) in [7, 11) is -3.90. The molecule has 2 heterocycles. The molecule has 1 aromatic carbocycles. The van der Waals surface area contributed by atoms with Crippen LogP contribution in [-0.4, -0.2) is 84.0 Å².